The van der Waals surface area contributed by atoms with Crippen LogP contribution in [0.4, 0.5) is 18.9 Å². The molecule has 0 bridgehead atoms. The first-order valence-electron chi connectivity index (χ1n) is 11.9. The van der Waals surface area contributed by atoms with Crippen molar-refractivity contribution in [3.63, 3.8) is 0 Å². The lowest BCUT2D eigenvalue weighted by Gasteiger charge is -2.19. The summed E-state index contributed by atoms with van der Waals surface area (Å²) in [6.45, 7) is 0.877. The maximum Gasteiger partial charge on any atom is 0.416 e. The zero-order valence-electron chi connectivity index (χ0n) is 19.8. The monoisotopic (exact) mass is 531 g/mol. The third-order valence-corrected chi connectivity index (χ3v) is 7.50. The standard InChI is InChI=1S/C30H20F3NO3S/c31-30(32,33)21-9-6-19(7-10-21)28-27(29(35)34-22-11-13-24-25(17-22)37-15-14-36-24)23-12-8-20(16-26(23)38-28)18-4-2-1-3-5-18/h1-13,16-17H,14-15H2,(H,34,35). The molecule has 0 fully saturated rings. The van der Waals surface area contributed by atoms with Crippen molar-refractivity contribution in [1.82, 2.24) is 0 Å². The molecule has 1 aliphatic rings. The van der Waals surface area contributed by atoms with Crippen LogP contribution in [0.3, 0.4) is 0 Å². The van der Waals surface area contributed by atoms with Crippen molar-refractivity contribution in [2.45, 2.75) is 6.18 Å². The molecule has 1 aliphatic heterocycles. The Bertz CT molecular complexity index is 1640. The first-order chi connectivity index (χ1) is 18.4. The molecule has 0 unspecified atom stereocenters. The van der Waals surface area contributed by atoms with Gasteiger partial charge in [0, 0.05) is 26.7 Å². The van der Waals surface area contributed by atoms with Crippen molar-refractivity contribution in [1.29, 1.82) is 0 Å². The van der Waals surface area contributed by atoms with Gasteiger partial charge in [-0.2, -0.15) is 13.2 Å². The molecule has 6 rings (SSSR count). The van der Waals surface area contributed by atoms with E-state index in [-0.39, 0.29) is 5.91 Å². The van der Waals surface area contributed by atoms with Crippen LogP contribution >= 0.6 is 11.3 Å². The molecule has 0 aliphatic carbocycles. The molecular weight excluding hydrogens is 511 g/mol. The SMILES string of the molecule is O=C(Nc1ccc2c(c1)OCCO2)c1c(-c2ccc(C(F)(F)F)cc2)sc2cc(-c3ccccc3)ccc12. The summed E-state index contributed by atoms with van der Waals surface area (Å²) in [5.74, 6) is 0.782. The first kappa shape index (κ1) is 24.1. The number of amides is 1. The molecule has 4 nitrogen and oxygen atoms in total. The molecule has 0 saturated carbocycles. The van der Waals surface area contributed by atoms with Crippen LogP contribution in [0, 0.1) is 0 Å². The Balaban J connectivity index is 1.44. The van der Waals surface area contributed by atoms with Gasteiger partial charge in [0.25, 0.3) is 5.91 Å². The second kappa shape index (κ2) is 9.54. The van der Waals surface area contributed by atoms with E-state index in [9.17, 15) is 18.0 Å². The van der Waals surface area contributed by atoms with Crippen molar-refractivity contribution in [3.05, 3.63) is 102 Å². The third kappa shape index (κ3) is 4.59. The van der Waals surface area contributed by atoms with E-state index < -0.39 is 11.7 Å². The van der Waals surface area contributed by atoms with Gasteiger partial charge in [0.1, 0.15) is 13.2 Å². The number of fused-ring (bicyclic) bond motifs is 2. The zero-order chi connectivity index (χ0) is 26.3. The number of carbonyl (C=O) groups excluding carboxylic acids is 1. The highest BCUT2D eigenvalue weighted by Gasteiger charge is 2.30. The molecule has 1 aromatic heterocycles. The summed E-state index contributed by atoms with van der Waals surface area (Å²) in [7, 11) is 0. The first-order valence-corrected chi connectivity index (χ1v) is 12.7. The van der Waals surface area contributed by atoms with Crippen LogP contribution in [0.15, 0.2) is 91.0 Å². The number of anilines is 1. The number of alkyl halides is 3. The average molecular weight is 532 g/mol. The van der Waals surface area contributed by atoms with E-state index >= 15 is 0 Å². The predicted octanol–water partition coefficient (Wildman–Crippen LogP) is 8.28. The largest absolute Gasteiger partial charge is 0.486 e. The van der Waals surface area contributed by atoms with Gasteiger partial charge in [-0.3, -0.25) is 4.79 Å². The molecule has 4 aromatic carbocycles. The molecule has 1 N–H and O–H groups in total. The third-order valence-electron chi connectivity index (χ3n) is 6.30. The van der Waals surface area contributed by atoms with Crippen LogP contribution in [-0.4, -0.2) is 19.1 Å². The maximum absolute atomic E-state index is 13.7. The van der Waals surface area contributed by atoms with Gasteiger partial charge in [-0.05, 0) is 47.0 Å². The molecule has 8 heteroatoms. The molecule has 5 aromatic rings. The molecule has 0 spiro atoms. The van der Waals surface area contributed by atoms with Gasteiger partial charge in [0.05, 0.1) is 11.1 Å². The minimum absolute atomic E-state index is 0.365. The summed E-state index contributed by atoms with van der Waals surface area (Å²) in [5, 5.41) is 3.65. The lowest BCUT2D eigenvalue weighted by atomic mass is 10.0. The average Bonchev–Trinajstić information content (AvgIpc) is 3.32. The van der Waals surface area contributed by atoms with E-state index in [2.05, 4.69) is 5.32 Å². The zero-order valence-corrected chi connectivity index (χ0v) is 20.7. The van der Waals surface area contributed by atoms with Gasteiger partial charge in [0.15, 0.2) is 11.5 Å². The minimum atomic E-state index is -4.44. The number of nitrogens with one attached hydrogen (secondary N) is 1. The van der Waals surface area contributed by atoms with Crippen LogP contribution in [0.1, 0.15) is 15.9 Å². The van der Waals surface area contributed by atoms with Crippen LogP contribution < -0.4 is 14.8 Å². The summed E-state index contributed by atoms with van der Waals surface area (Å²) in [5.41, 5.74) is 2.74. The molecule has 2 heterocycles. The maximum atomic E-state index is 13.7. The number of carbonyl (C=O) groups is 1. The molecular formula is C30H20F3NO3S. The highest BCUT2D eigenvalue weighted by molar-refractivity contribution is 7.22. The molecule has 1 amide bonds. The fraction of sp³-hybridized carbons (Fsp3) is 0.100. The number of hydrogen-bond acceptors (Lipinski definition) is 4. The van der Waals surface area contributed by atoms with Crippen LogP contribution in [0.2, 0.25) is 0 Å². The summed E-state index contributed by atoms with van der Waals surface area (Å²) in [4.78, 5) is 14.3. The van der Waals surface area contributed by atoms with Crippen molar-refractivity contribution < 1.29 is 27.4 Å². The molecule has 0 atom stereocenters. The lowest BCUT2D eigenvalue weighted by molar-refractivity contribution is -0.137. The number of benzene rings is 4. The van der Waals surface area contributed by atoms with Crippen molar-refractivity contribution in [2.24, 2.45) is 0 Å². The Labute approximate surface area is 220 Å². The summed E-state index contributed by atoms with van der Waals surface area (Å²) in [6.07, 6.45) is -4.44. The Kier molecular flexibility index (Phi) is 6.04. The number of halogens is 3. The van der Waals surface area contributed by atoms with Gasteiger partial charge in [-0.25, -0.2) is 0 Å². The Hall–Kier alpha value is -4.30. The van der Waals surface area contributed by atoms with E-state index in [4.69, 9.17) is 9.47 Å². The summed E-state index contributed by atoms with van der Waals surface area (Å²) in [6, 6.07) is 25.7. The van der Waals surface area contributed by atoms with Gasteiger partial charge >= 0.3 is 6.18 Å². The second-order valence-electron chi connectivity index (χ2n) is 8.77. The molecule has 190 valence electrons. The lowest BCUT2D eigenvalue weighted by Crippen LogP contribution is -2.16. The quantitative estimate of drug-likeness (QED) is 0.254. The Morgan fingerprint density at radius 3 is 2.21 bits per heavy atom. The highest BCUT2D eigenvalue weighted by atomic mass is 32.1. The van der Waals surface area contributed by atoms with Crippen LogP contribution in [0.5, 0.6) is 11.5 Å². The van der Waals surface area contributed by atoms with Crippen LogP contribution in [0.25, 0.3) is 31.7 Å². The molecule has 0 radical (unpaired) electrons. The summed E-state index contributed by atoms with van der Waals surface area (Å²) >= 11 is 1.37. The Morgan fingerprint density at radius 1 is 0.763 bits per heavy atom. The topological polar surface area (TPSA) is 47.6 Å². The normalized spacial score (nSPS) is 12.9. The number of hydrogen-bond donors (Lipinski definition) is 1. The van der Waals surface area contributed by atoms with Gasteiger partial charge in [-0.15, -0.1) is 11.3 Å². The highest BCUT2D eigenvalue weighted by Crippen LogP contribution is 2.42. The second-order valence-corrected chi connectivity index (χ2v) is 9.82. The van der Waals surface area contributed by atoms with E-state index in [1.54, 1.807) is 18.2 Å². The van der Waals surface area contributed by atoms with Gasteiger partial charge in [0.2, 0.25) is 0 Å². The van der Waals surface area contributed by atoms with Gasteiger partial charge < -0.3 is 14.8 Å². The fourth-order valence-corrected chi connectivity index (χ4v) is 5.71. The van der Waals surface area contributed by atoms with E-state index in [0.29, 0.717) is 46.4 Å². The van der Waals surface area contributed by atoms with E-state index in [1.807, 2.05) is 48.5 Å². The summed E-state index contributed by atoms with van der Waals surface area (Å²) < 4.78 is 51.6. The number of ether oxygens (including phenoxy) is 2. The predicted molar refractivity (Wildman–Crippen MR) is 143 cm³/mol. The van der Waals surface area contributed by atoms with Gasteiger partial charge in [-0.1, -0.05) is 54.6 Å². The fourth-order valence-electron chi connectivity index (χ4n) is 4.46. The van der Waals surface area contributed by atoms with E-state index in [1.165, 1.54) is 23.5 Å². The Morgan fingerprint density at radius 2 is 1.47 bits per heavy atom. The minimum Gasteiger partial charge on any atom is -0.486 e. The molecule has 0 saturated heterocycles. The van der Waals surface area contributed by atoms with Crippen molar-refractivity contribution in [3.8, 4) is 33.1 Å². The smallest absolute Gasteiger partial charge is 0.416 e. The van der Waals surface area contributed by atoms with Crippen LogP contribution in [-0.2, 0) is 6.18 Å². The van der Waals surface area contributed by atoms with Crippen molar-refractivity contribution in [2.75, 3.05) is 18.5 Å². The number of thiophene rings is 1. The molecule has 38 heavy (non-hydrogen) atoms. The van der Waals surface area contributed by atoms with Crippen molar-refractivity contribution >= 4 is 33.0 Å². The number of rotatable bonds is 4. The van der Waals surface area contributed by atoms with E-state index in [0.717, 1.165) is 33.3 Å².